The Labute approximate surface area is 101 Å². The first-order valence-electron chi connectivity index (χ1n) is 6.26. The highest BCUT2D eigenvalue weighted by Crippen LogP contribution is 2.14. The first kappa shape index (κ1) is 15.2. The summed E-state index contributed by atoms with van der Waals surface area (Å²) in [5.74, 6) is 0.536. The van der Waals surface area contributed by atoms with E-state index in [9.17, 15) is 4.79 Å². The molecule has 0 aliphatic rings. The van der Waals surface area contributed by atoms with Crippen molar-refractivity contribution in [3.05, 3.63) is 23.3 Å². The molecule has 92 valence electrons. The van der Waals surface area contributed by atoms with Crippen molar-refractivity contribution in [3.63, 3.8) is 0 Å². The minimum Gasteiger partial charge on any atom is -0.300 e. The van der Waals surface area contributed by atoms with Crippen LogP contribution in [0.3, 0.4) is 0 Å². The quantitative estimate of drug-likeness (QED) is 0.571. The van der Waals surface area contributed by atoms with Gasteiger partial charge in [0.05, 0.1) is 0 Å². The van der Waals surface area contributed by atoms with E-state index in [1.807, 2.05) is 0 Å². The van der Waals surface area contributed by atoms with Gasteiger partial charge in [-0.25, -0.2) is 0 Å². The molecule has 1 heteroatoms. The number of carbonyl (C=O) groups excluding carboxylic acids is 1. The summed E-state index contributed by atoms with van der Waals surface area (Å²) in [6, 6.07) is 0. The lowest BCUT2D eigenvalue weighted by Gasteiger charge is -2.08. The van der Waals surface area contributed by atoms with Crippen LogP contribution in [0.15, 0.2) is 23.3 Å². The first-order valence-corrected chi connectivity index (χ1v) is 6.26. The summed E-state index contributed by atoms with van der Waals surface area (Å²) in [4.78, 5) is 11.3. The Bertz CT molecular complexity index is 267. The number of rotatable bonds is 7. The summed E-state index contributed by atoms with van der Waals surface area (Å²) in [6.07, 6.45) is 8.58. The minimum atomic E-state index is 0.221. The Hall–Kier alpha value is -0.850. The summed E-state index contributed by atoms with van der Waals surface area (Å²) in [5.41, 5.74) is 2.78. The van der Waals surface area contributed by atoms with Crippen molar-refractivity contribution in [2.24, 2.45) is 5.92 Å². The van der Waals surface area contributed by atoms with Crippen LogP contribution >= 0.6 is 0 Å². The molecule has 0 aromatic heterocycles. The maximum Gasteiger partial charge on any atom is 0.133 e. The molecule has 0 bridgehead atoms. The van der Waals surface area contributed by atoms with Gasteiger partial charge < -0.3 is 0 Å². The minimum absolute atomic E-state index is 0.221. The van der Waals surface area contributed by atoms with Gasteiger partial charge in [0.1, 0.15) is 5.78 Å². The molecule has 0 spiro atoms. The second-order valence-corrected chi connectivity index (χ2v) is 4.82. The van der Waals surface area contributed by atoms with Gasteiger partial charge in [-0.3, -0.25) is 4.79 Å². The summed E-state index contributed by atoms with van der Waals surface area (Å²) in [7, 11) is 0. The average molecular weight is 222 g/mol. The molecule has 0 radical (unpaired) electrons. The third-order valence-electron chi connectivity index (χ3n) is 2.91. The molecule has 1 atom stereocenters. The molecule has 0 aliphatic heterocycles. The number of hydrogen-bond donors (Lipinski definition) is 0. The fourth-order valence-electron chi connectivity index (χ4n) is 1.65. The molecule has 0 amide bonds. The highest BCUT2D eigenvalue weighted by atomic mass is 16.1. The number of Topliss-reactive ketones (excluding diaryl/α,β-unsaturated/α-hetero) is 1. The van der Waals surface area contributed by atoms with Crippen molar-refractivity contribution >= 4 is 5.78 Å². The van der Waals surface area contributed by atoms with Crippen LogP contribution in [0.5, 0.6) is 0 Å². The summed E-state index contributed by atoms with van der Waals surface area (Å²) in [6.45, 7) is 10.2. The predicted octanol–water partition coefficient (Wildman–Crippen LogP) is 4.68. The van der Waals surface area contributed by atoms with Crippen LogP contribution in [0.2, 0.25) is 0 Å². The van der Waals surface area contributed by atoms with Gasteiger partial charge in [-0.05, 0) is 53.4 Å². The van der Waals surface area contributed by atoms with Crippen molar-refractivity contribution in [1.82, 2.24) is 0 Å². The number of hydrogen-bond acceptors (Lipinski definition) is 1. The van der Waals surface area contributed by atoms with Crippen LogP contribution in [0.1, 0.15) is 60.3 Å². The van der Waals surface area contributed by atoms with E-state index < -0.39 is 0 Å². The van der Waals surface area contributed by atoms with Crippen molar-refractivity contribution in [2.45, 2.75) is 60.3 Å². The van der Waals surface area contributed by atoms with E-state index in [0.717, 1.165) is 25.7 Å². The zero-order valence-corrected chi connectivity index (χ0v) is 11.5. The molecule has 0 aromatic carbocycles. The van der Waals surface area contributed by atoms with Crippen molar-refractivity contribution < 1.29 is 4.79 Å². The Morgan fingerprint density at radius 3 is 2.19 bits per heavy atom. The van der Waals surface area contributed by atoms with E-state index in [1.165, 1.54) is 11.1 Å². The molecule has 0 fully saturated rings. The maximum atomic E-state index is 11.3. The van der Waals surface area contributed by atoms with Gasteiger partial charge in [0.25, 0.3) is 0 Å². The van der Waals surface area contributed by atoms with Gasteiger partial charge in [0, 0.05) is 5.92 Å². The van der Waals surface area contributed by atoms with E-state index in [2.05, 4.69) is 39.8 Å². The smallest absolute Gasteiger partial charge is 0.133 e. The SMILES string of the molecule is CCC(C/C=C(\C)CCC=C(C)C)C(C)=O. The zero-order chi connectivity index (χ0) is 12.6. The highest BCUT2D eigenvalue weighted by Gasteiger charge is 2.09. The molecular weight excluding hydrogens is 196 g/mol. The second-order valence-electron chi connectivity index (χ2n) is 4.82. The van der Waals surface area contributed by atoms with Crippen LogP contribution < -0.4 is 0 Å². The zero-order valence-electron chi connectivity index (χ0n) is 11.5. The summed E-state index contributed by atoms with van der Waals surface area (Å²) >= 11 is 0. The maximum absolute atomic E-state index is 11.3. The topological polar surface area (TPSA) is 17.1 Å². The Morgan fingerprint density at radius 1 is 1.12 bits per heavy atom. The largest absolute Gasteiger partial charge is 0.300 e. The molecule has 0 rings (SSSR count). The Morgan fingerprint density at radius 2 is 1.75 bits per heavy atom. The molecule has 0 N–H and O–H groups in total. The highest BCUT2D eigenvalue weighted by molar-refractivity contribution is 5.78. The fourth-order valence-corrected chi connectivity index (χ4v) is 1.65. The molecule has 0 saturated carbocycles. The van der Waals surface area contributed by atoms with Gasteiger partial charge in [0.2, 0.25) is 0 Å². The molecule has 0 heterocycles. The second kappa shape index (κ2) is 8.32. The standard InChI is InChI=1S/C15H26O/c1-6-15(14(5)16)11-10-13(4)9-7-8-12(2)3/h8,10,15H,6-7,9,11H2,1-5H3/b13-10+. The lowest BCUT2D eigenvalue weighted by Crippen LogP contribution is -2.08. The van der Waals surface area contributed by atoms with Crippen molar-refractivity contribution in [3.8, 4) is 0 Å². The number of carbonyl (C=O) groups is 1. The molecule has 1 unspecified atom stereocenters. The van der Waals surface area contributed by atoms with E-state index in [-0.39, 0.29) is 5.92 Å². The molecule has 0 saturated heterocycles. The van der Waals surface area contributed by atoms with E-state index in [4.69, 9.17) is 0 Å². The van der Waals surface area contributed by atoms with Crippen LogP contribution in [-0.4, -0.2) is 5.78 Å². The van der Waals surface area contributed by atoms with E-state index >= 15 is 0 Å². The average Bonchev–Trinajstić information content (AvgIpc) is 2.17. The predicted molar refractivity (Wildman–Crippen MR) is 71.5 cm³/mol. The van der Waals surface area contributed by atoms with Gasteiger partial charge in [-0.2, -0.15) is 0 Å². The third-order valence-corrected chi connectivity index (χ3v) is 2.91. The number of ketones is 1. The molecule has 1 nitrogen and oxygen atoms in total. The molecule has 16 heavy (non-hydrogen) atoms. The van der Waals surface area contributed by atoms with E-state index in [0.29, 0.717) is 5.78 Å². The van der Waals surface area contributed by atoms with Crippen LogP contribution in [0.25, 0.3) is 0 Å². The Balaban J connectivity index is 4.03. The van der Waals surface area contributed by atoms with E-state index in [1.54, 1.807) is 6.92 Å². The summed E-state index contributed by atoms with van der Waals surface area (Å²) < 4.78 is 0. The Kier molecular flexibility index (Phi) is 7.88. The normalized spacial score (nSPS) is 13.4. The molecule has 0 aromatic rings. The van der Waals surface area contributed by atoms with Gasteiger partial charge in [-0.1, -0.05) is 30.2 Å². The van der Waals surface area contributed by atoms with Crippen molar-refractivity contribution in [1.29, 1.82) is 0 Å². The van der Waals surface area contributed by atoms with Crippen molar-refractivity contribution in [2.75, 3.05) is 0 Å². The lowest BCUT2D eigenvalue weighted by atomic mass is 9.96. The molecule has 0 aliphatic carbocycles. The van der Waals surface area contributed by atoms with Crippen LogP contribution in [-0.2, 0) is 4.79 Å². The van der Waals surface area contributed by atoms with Gasteiger partial charge >= 0.3 is 0 Å². The first-order chi connectivity index (χ1) is 7.47. The van der Waals surface area contributed by atoms with Gasteiger partial charge in [0.15, 0.2) is 0 Å². The molecular formula is C15H26O. The third kappa shape index (κ3) is 7.44. The van der Waals surface area contributed by atoms with Gasteiger partial charge in [-0.15, -0.1) is 0 Å². The lowest BCUT2D eigenvalue weighted by molar-refractivity contribution is -0.120. The van der Waals surface area contributed by atoms with Crippen LogP contribution in [0.4, 0.5) is 0 Å². The van der Waals surface area contributed by atoms with Crippen LogP contribution in [0, 0.1) is 5.92 Å². The summed E-state index contributed by atoms with van der Waals surface area (Å²) in [5, 5.41) is 0. The monoisotopic (exact) mass is 222 g/mol. The fraction of sp³-hybridized carbons (Fsp3) is 0.667. The number of allylic oxidation sites excluding steroid dienone is 4.